The average Bonchev–Trinajstić information content (AvgIpc) is 2.81. The van der Waals surface area contributed by atoms with Gasteiger partial charge in [-0.05, 0) is 31.0 Å². The number of carbonyl (C=O) groups is 1. The Balaban J connectivity index is 0.00000162. The molecule has 0 aromatic heterocycles. The molecule has 100 valence electrons. The third kappa shape index (κ3) is 3.75. The van der Waals surface area contributed by atoms with Crippen molar-refractivity contribution in [2.24, 2.45) is 0 Å². The maximum atomic E-state index is 13.4. The molecule has 0 radical (unpaired) electrons. The van der Waals surface area contributed by atoms with Crippen LogP contribution in [-0.2, 0) is 4.79 Å². The van der Waals surface area contributed by atoms with Crippen LogP contribution in [0, 0.1) is 5.82 Å². The fourth-order valence-electron chi connectivity index (χ4n) is 2.00. The Kier molecular flexibility index (Phi) is 5.69. The molecule has 3 nitrogen and oxygen atoms in total. The Morgan fingerprint density at radius 2 is 2.00 bits per heavy atom. The molecule has 1 aliphatic rings. The summed E-state index contributed by atoms with van der Waals surface area (Å²) >= 11 is 5.39. The zero-order chi connectivity index (χ0) is 12.3. The first kappa shape index (κ1) is 15.1. The molecule has 0 saturated carbocycles. The van der Waals surface area contributed by atoms with Crippen LogP contribution in [0.3, 0.4) is 0 Å². The molecule has 6 heteroatoms. The van der Waals surface area contributed by atoms with Gasteiger partial charge in [0.2, 0.25) is 5.91 Å². The van der Waals surface area contributed by atoms with Crippen molar-refractivity contribution >= 4 is 41.3 Å². The van der Waals surface area contributed by atoms with Gasteiger partial charge in [-0.3, -0.25) is 4.79 Å². The summed E-state index contributed by atoms with van der Waals surface area (Å²) in [4.78, 5) is 13.3. The van der Waals surface area contributed by atoms with Crippen molar-refractivity contribution in [3.8, 4) is 0 Å². The SMILES string of the molecule is Cl.O=C(CCl)Nc1cc(F)cc(N2CCCC2)c1. The lowest BCUT2D eigenvalue weighted by Crippen LogP contribution is -2.18. The van der Waals surface area contributed by atoms with Crippen LogP contribution in [0.2, 0.25) is 0 Å². The van der Waals surface area contributed by atoms with Gasteiger partial charge in [-0.1, -0.05) is 0 Å². The molecule has 1 aliphatic heterocycles. The molecule has 1 saturated heterocycles. The van der Waals surface area contributed by atoms with E-state index in [-0.39, 0.29) is 30.0 Å². The number of benzene rings is 1. The number of nitrogens with zero attached hydrogens (tertiary/aromatic N) is 1. The molecule has 0 bridgehead atoms. The van der Waals surface area contributed by atoms with Gasteiger partial charge in [0.05, 0.1) is 0 Å². The lowest BCUT2D eigenvalue weighted by molar-refractivity contribution is -0.113. The summed E-state index contributed by atoms with van der Waals surface area (Å²) in [6.45, 7) is 1.87. The number of amides is 1. The quantitative estimate of drug-likeness (QED) is 0.869. The number of hydrogen-bond acceptors (Lipinski definition) is 2. The monoisotopic (exact) mass is 292 g/mol. The Hall–Kier alpha value is -1.00. The summed E-state index contributed by atoms with van der Waals surface area (Å²) < 4.78 is 13.4. The van der Waals surface area contributed by atoms with E-state index in [1.165, 1.54) is 12.1 Å². The van der Waals surface area contributed by atoms with Crippen molar-refractivity contribution < 1.29 is 9.18 Å². The highest BCUT2D eigenvalue weighted by molar-refractivity contribution is 6.29. The number of carbonyl (C=O) groups excluding carboxylic acids is 1. The van der Waals surface area contributed by atoms with E-state index in [0.29, 0.717) is 5.69 Å². The van der Waals surface area contributed by atoms with Crippen LogP contribution in [0.15, 0.2) is 18.2 Å². The van der Waals surface area contributed by atoms with E-state index in [4.69, 9.17) is 11.6 Å². The molecule has 1 aromatic rings. The lowest BCUT2D eigenvalue weighted by atomic mass is 10.2. The number of halogens is 3. The summed E-state index contributed by atoms with van der Waals surface area (Å²) in [5, 5.41) is 2.56. The largest absolute Gasteiger partial charge is 0.371 e. The van der Waals surface area contributed by atoms with E-state index in [1.807, 2.05) is 0 Å². The maximum absolute atomic E-state index is 13.4. The zero-order valence-electron chi connectivity index (χ0n) is 9.79. The highest BCUT2D eigenvalue weighted by Gasteiger charge is 2.14. The van der Waals surface area contributed by atoms with Crippen LogP contribution in [0.1, 0.15) is 12.8 Å². The van der Waals surface area contributed by atoms with Gasteiger partial charge in [0.15, 0.2) is 0 Å². The van der Waals surface area contributed by atoms with Crippen LogP contribution in [0.4, 0.5) is 15.8 Å². The predicted octanol–water partition coefficient (Wildman–Crippen LogP) is 3.03. The zero-order valence-corrected chi connectivity index (χ0v) is 11.4. The van der Waals surface area contributed by atoms with E-state index in [2.05, 4.69) is 10.2 Å². The minimum Gasteiger partial charge on any atom is -0.371 e. The van der Waals surface area contributed by atoms with E-state index < -0.39 is 0 Å². The molecule has 1 aromatic carbocycles. The lowest BCUT2D eigenvalue weighted by Gasteiger charge is -2.18. The van der Waals surface area contributed by atoms with Gasteiger partial charge in [-0.25, -0.2) is 4.39 Å². The molecule has 18 heavy (non-hydrogen) atoms. The highest BCUT2D eigenvalue weighted by Crippen LogP contribution is 2.25. The highest BCUT2D eigenvalue weighted by atomic mass is 35.5. The van der Waals surface area contributed by atoms with Gasteiger partial charge in [0, 0.05) is 24.5 Å². The standard InChI is InChI=1S/C12H14ClFN2O.ClH/c13-8-12(17)15-10-5-9(14)6-11(7-10)16-3-1-2-4-16;/h5-7H,1-4,8H2,(H,15,17);1H. The molecule has 2 rings (SSSR count). The Morgan fingerprint density at radius 1 is 1.33 bits per heavy atom. The summed E-state index contributed by atoms with van der Waals surface area (Å²) in [6.07, 6.45) is 2.25. The van der Waals surface area contributed by atoms with Crippen molar-refractivity contribution in [2.45, 2.75) is 12.8 Å². The van der Waals surface area contributed by atoms with Gasteiger partial charge in [0.1, 0.15) is 11.7 Å². The van der Waals surface area contributed by atoms with Crippen molar-refractivity contribution in [2.75, 3.05) is 29.2 Å². The second kappa shape index (κ2) is 6.81. The summed E-state index contributed by atoms with van der Waals surface area (Å²) in [7, 11) is 0. The first-order valence-electron chi connectivity index (χ1n) is 5.60. The van der Waals surface area contributed by atoms with Crippen LogP contribution < -0.4 is 10.2 Å². The number of anilines is 2. The summed E-state index contributed by atoms with van der Waals surface area (Å²) in [6, 6.07) is 4.56. The van der Waals surface area contributed by atoms with E-state index in [9.17, 15) is 9.18 Å². The molecule has 0 spiro atoms. The molecule has 1 heterocycles. The topological polar surface area (TPSA) is 32.3 Å². The van der Waals surface area contributed by atoms with Gasteiger partial charge in [0.25, 0.3) is 0 Å². The average molecular weight is 293 g/mol. The fraction of sp³-hybridized carbons (Fsp3) is 0.417. The van der Waals surface area contributed by atoms with E-state index in [0.717, 1.165) is 31.6 Å². The first-order chi connectivity index (χ1) is 8.19. The molecule has 0 atom stereocenters. The Bertz CT molecular complexity index is 423. The van der Waals surface area contributed by atoms with Crippen LogP contribution in [0.25, 0.3) is 0 Å². The smallest absolute Gasteiger partial charge is 0.239 e. The first-order valence-corrected chi connectivity index (χ1v) is 6.14. The fourth-order valence-corrected chi connectivity index (χ4v) is 2.07. The molecule has 1 amide bonds. The van der Waals surface area contributed by atoms with E-state index in [1.54, 1.807) is 6.07 Å². The number of rotatable bonds is 3. The molecule has 0 unspecified atom stereocenters. The molecular weight excluding hydrogens is 278 g/mol. The van der Waals surface area contributed by atoms with Gasteiger partial charge >= 0.3 is 0 Å². The van der Waals surface area contributed by atoms with Crippen molar-refractivity contribution in [1.29, 1.82) is 0 Å². The second-order valence-corrected chi connectivity index (χ2v) is 4.34. The number of alkyl halides is 1. The second-order valence-electron chi connectivity index (χ2n) is 4.07. The number of hydrogen-bond donors (Lipinski definition) is 1. The molecule has 1 fully saturated rings. The molecule has 0 aliphatic carbocycles. The Morgan fingerprint density at radius 3 is 2.61 bits per heavy atom. The van der Waals surface area contributed by atoms with E-state index >= 15 is 0 Å². The van der Waals surface area contributed by atoms with Gasteiger partial charge in [-0.2, -0.15) is 0 Å². The molecule has 1 N–H and O–H groups in total. The van der Waals surface area contributed by atoms with Crippen molar-refractivity contribution in [1.82, 2.24) is 0 Å². The van der Waals surface area contributed by atoms with Crippen LogP contribution in [-0.4, -0.2) is 24.9 Å². The van der Waals surface area contributed by atoms with Crippen molar-refractivity contribution in [3.63, 3.8) is 0 Å². The van der Waals surface area contributed by atoms with Crippen LogP contribution in [0.5, 0.6) is 0 Å². The van der Waals surface area contributed by atoms with Crippen molar-refractivity contribution in [3.05, 3.63) is 24.0 Å². The maximum Gasteiger partial charge on any atom is 0.239 e. The van der Waals surface area contributed by atoms with Crippen LogP contribution >= 0.6 is 24.0 Å². The normalized spacial score (nSPS) is 14.2. The summed E-state index contributed by atoms with van der Waals surface area (Å²) in [5.41, 5.74) is 1.27. The van der Waals surface area contributed by atoms with Gasteiger partial charge in [-0.15, -0.1) is 24.0 Å². The molecular formula is C12H15Cl2FN2O. The van der Waals surface area contributed by atoms with Gasteiger partial charge < -0.3 is 10.2 Å². The third-order valence-electron chi connectivity index (χ3n) is 2.76. The minimum absolute atomic E-state index is 0. The third-order valence-corrected chi connectivity index (χ3v) is 3.00. The minimum atomic E-state index is -0.348. The summed E-state index contributed by atoms with van der Waals surface area (Å²) in [5.74, 6) is -0.806. The Labute approximate surface area is 117 Å². The predicted molar refractivity (Wildman–Crippen MR) is 74.4 cm³/mol. The number of nitrogens with one attached hydrogen (secondary N) is 1.